The molecule has 0 spiro atoms. The number of rotatable bonds is 5. The van der Waals surface area contributed by atoms with Gasteiger partial charge in [-0.25, -0.2) is 0 Å². The third-order valence-corrected chi connectivity index (χ3v) is 3.50. The zero-order valence-corrected chi connectivity index (χ0v) is 11.5. The van der Waals surface area contributed by atoms with Crippen LogP contribution in [0.2, 0.25) is 0 Å². The molecule has 0 N–H and O–H groups in total. The third-order valence-electron chi connectivity index (χ3n) is 2.78. The number of thioether (sulfide) groups is 1. The van der Waals surface area contributed by atoms with Gasteiger partial charge in [0.2, 0.25) is 0 Å². The number of benzene rings is 2. The lowest BCUT2D eigenvalue weighted by Crippen LogP contribution is -1.90. The molecule has 20 heavy (non-hydrogen) atoms. The first kappa shape index (κ1) is 14.5. The maximum Gasteiger partial charge on any atom is 0.288 e. The van der Waals surface area contributed by atoms with Gasteiger partial charge in [0.15, 0.2) is 6.29 Å². The van der Waals surface area contributed by atoms with Crippen molar-refractivity contribution >= 4 is 18.0 Å². The molecule has 0 aliphatic rings. The van der Waals surface area contributed by atoms with E-state index in [0.717, 1.165) is 17.4 Å². The number of methoxy groups -OCH3 is 1. The zero-order chi connectivity index (χ0) is 14.5. The molecule has 0 bridgehead atoms. The molecule has 0 heterocycles. The van der Waals surface area contributed by atoms with Crippen molar-refractivity contribution in [3.63, 3.8) is 0 Å². The van der Waals surface area contributed by atoms with Crippen LogP contribution in [-0.2, 0) is 0 Å². The summed E-state index contributed by atoms with van der Waals surface area (Å²) in [5.74, 6) is -1.84. The maximum absolute atomic E-state index is 12.2. The van der Waals surface area contributed by atoms with Crippen molar-refractivity contribution in [1.82, 2.24) is 0 Å². The first-order valence-corrected chi connectivity index (χ1v) is 6.70. The molecule has 0 fully saturated rings. The Hall–Kier alpha value is -1.88. The molecule has 0 saturated heterocycles. The van der Waals surface area contributed by atoms with Crippen molar-refractivity contribution in [3.05, 3.63) is 48.0 Å². The molecule has 0 atom stereocenters. The minimum absolute atomic E-state index is 0.491. The Morgan fingerprint density at radius 1 is 1.15 bits per heavy atom. The Balaban J connectivity index is 2.33. The topological polar surface area (TPSA) is 26.3 Å². The second kappa shape index (κ2) is 6.52. The lowest BCUT2D eigenvalue weighted by Gasteiger charge is -2.08. The Morgan fingerprint density at radius 3 is 2.40 bits per heavy atom. The number of carbonyl (C=O) groups excluding carboxylic acids is 1. The summed E-state index contributed by atoms with van der Waals surface area (Å²) in [4.78, 5) is 11.6. The van der Waals surface area contributed by atoms with Gasteiger partial charge in [-0.3, -0.25) is 4.79 Å². The van der Waals surface area contributed by atoms with Crippen LogP contribution in [0.5, 0.6) is 5.75 Å². The molecule has 2 aromatic rings. The Bertz CT molecular complexity index is 597. The summed E-state index contributed by atoms with van der Waals surface area (Å²) in [6.07, 6.45) is 0.750. The van der Waals surface area contributed by atoms with Gasteiger partial charge < -0.3 is 4.74 Å². The molecule has 0 aliphatic heterocycles. The second-order valence-electron chi connectivity index (χ2n) is 3.97. The smallest absolute Gasteiger partial charge is 0.288 e. The van der Waals surface area contributed by atoms with Crippen molar-refractivity contribution in [2.24, 2.45) is 0 Å². The molecule has 0 amide bonds. The van der Waals surface area contributed by atoms with E-state index in [1.54, 1.807) is 42.5 Å². The molecule has 2 aromatic carbocycles. The van der Waals surface area contributed by atoms with Crippen LogP contribution in [0, 0.1) is 0 Å². The predicted molar refractivity (Wildman–Crippen MR) is 75.7 cm³/mol. The molecule has 0 aliphatic carbocycles. The first-order chi connectivity index (χ1) is 9.63. The lowest BCUT2D eigenvalue weighted by molar-refractivity contribution is 0.112. The van der Waals surface area contributed by atoms with Crippen molar-refractivity contribution in [1.29, 1.82) is 0 Å². The van der Waals surface area contributed by atoms with E-state index < -0.39 is 5.76 Å². The highest BCUT2D eigenvalue weighted by molar-refractivity contribution is 7.99. The van der Waals surface area contributed by atoms with Gasteiger partial charge in [0.1, 0.15) is 5.75 Å². The fourth-order valence-electron chi connectivity index (χ4n) is 1.84. The van der Waals surface area contributed by atoms with E-state index in [9.17, 15) is 13.6 Å². The first-order valence-electron chi connectivity index (χ1n) is 5.82. The van der Waals surface area contributed by atoms with Gasteiger partial charge in [-0.15, -0.1) is 0 Å². The van der Waals surface area contributed by atoms with Gasteiger partial charge >= 0.3 is 0 Å². The largest absolute Gasteiger partial charge is 0.497 e. The second-order valence-corrected chi connectivity index (χ2v) is 5.04. The number of carbonyl (C=O) groups is 1. The number of hydrogen-bond acceptors (Lipinski definition) is 3. The van der Waals surface area contributed by atoms with Gasteiger partial charge in [0.05, 0.1) is 7.11 Å². The van der Waals surface area contributed by atoms with Crippen molar-refractivity contribution < 1.29 is 18.3 Å². The fraction of sp³-hybridized carbons (Fsp3) is 0.133. The molecular weight excluding hydrogens is 282 g/mol. The minimum atomic E-state index is -2.44. The summed E-state index contributed by atoms with van der Waals surface area (Å²) in [6, 6.07) is 11.8. The summed E-state index contributed by atoms with van der Waals surface area (Å²) < 4.78 is 29.6. The lowest BCUT2D eigenvalue weighted by atomic mass is 10.0. The standard InChI is InChI=1S/C15H12F2O2S/c1-19-12-4-7-14(11(8-12)9-18)10-2-5-13(6-3-10)20-15(16)17/h2-9,15H,1H3. The van der Waals surface area contributed by atoms with Crippen molar-refractivity contribution in [3.8, 4) is 16.9 Å². The molecule has 2 nitrogen and oxygen atoms in total. The fourth-order valence-corrected chi connectivity index (χ4v) is 2.34. The van der Waals surface area contributed by atoms with Crippen LogP contribution in [0.15, 0.2) is 47.4 Å². The summed E-state index contributed by atoms with van der Waals surface area (Å²) in [5.41, 5.74) is 2.04. The number of halogens is 2. The van der Waals surface area contributed by atoms with E-state index in [1.165, 1.54) is 7.11 Å². The molecule has 2 rings (SSSR count). The van der Waals surface area contributed by atoms with Gasteiger partial charge in [0, 0.05) is 10.5 Å². The Labute approximate surface area is 119 Å². The normalized spacial score (nSPS) is 10.6. The van der Waals surface area contributed by atoms with E-state index in [4.69, 9.17) is 4.74 Å². The number of hydrogen-bond donors (Lipinski definition) is 0. The molecule has 0 radical (unpaired) electrons. The van der Waals surface area contributed by atoms with Crippen LogP contribution in [0.4, 0.5) is 8.78 Å². The van der Waals surface area contributed by atoms with E-state index in [0.29, 0.717) is 28.0 Å². The van der Waals surface area contributed by atoms with Gasteiger partial charge in [-0.1, -0.05) is 23.9 Å². The van der Waals surface area contributed by atoms with Crippen LogP contribution < -0.4 is 4.74 Å². The van der Waals surface area contributed by atoms with Crippen LogP contribution in [0.3, 0.4) is 0 Å². The molecule has 0 aromatic heterocycles. The highest BCUT2D eigenvalue weighted by Gasteiger charge is 2.08. The van der Waals surface area contributed by atoms with Crippen molar-refractivity contribution in [2.75, 3.05) is 7.11 Å². The maximum atomic E-state index is 12.2. The summed E-state index contributed by atoms with van der Waals surface area (Å²) in [6.45, 7) is 0. The van der Waals surface area contributed by atoms with Crippen LogP contribution in [-0.4, -0.2) is 19.2 Å². The summed E-state index contributed by atoms with van der Waals surface area (Å²) in [7, 11) is 1.53. The van der Waals surface area contributed by atoms with E-state index in [2.05, 4.69) is 0 Å². The van der Waals surface area contributed by atoms with E-state index in [1.807, 2.05) is 0 Å². The van der Waals surface area contributed by atoms with Crippen LogP contribution >= 0.6 is 11.8 Å². The summed E-state index contributed by atoms with van der Waals surface area (Å²) >= 11 is 0.495. The molecule has 5 heteroatoms. The average Bonchev–Trinajstić information content (AvgIpc) is 2.47. The highest BCUT2D eigenvalue weighted by atomic mass is 32.2. The zero-order valence-electron chi connectivity index (χ0n) is 10.7. The van der Waals surface area contributed by atoms with Gasteiger partial charge in [0.25, 0.3) is 5.76 Å². The quantitative estimate of drug-likeness (QED) is 0.600. The number of alkyl halides is 2. The van der Waals surface area contributed by atoms with Crippen molar-refractivity contribution in [2.45, 2.75) is 10.7 Å². The van der Waals surface area contributed by atoms with Gasteiger partial charge in [-0.05, 0) is 41.5 Å². The SMILES string of the molecule is COc1ccc(-c2ccc(SC(F)F)cc2)c(C=O)c1. The van der Waals surface area contributed by atoms with E-state index >= 15 is 0 Å². The van der Waals surface area contributed by atoms with Gasteiger partial charge in [-0.2, -0.15) is 8.78 Å². The average molecular weight is 294 g/mol. The predicted octanol–water partition coefficient (Wildman–Crippen LogP) is 4.49. The summed E-state index contributed by atoms with van der Waals surface area (Å²) in [5, 5.41) is 0. The molecule has 0 saturated carbocycles. The van der Waals surface area contributed by atoms with E-state index in [-0.39, 0.29) is 0 Å². The Morgan fingerprint density at radius 2 is 1.85 bits per heavy atom. The molecular formula is C15H12F2O2S. The van der Waals surface area contributed by atoms with Crippen LogP contribution in [0.25, 0.3) is 11.1 Å². The van der Waals surface area contributed by atoms with Crippen LogP contribution in [0.1, 0.15) is 10.4 Å². The minimum Gasteiger partial charge on any atom is -0.497 e. The monoisotopic (exact) mass is 294 g/mol. The third kappa shape index (κ3) is 3.36. The molecule has 104 valence electrons. The molecule has 0 unspecified atom stereocenters. The number of aldehydes is 1. The highest BCUT2D eigenvalue weighted by Crippen LogP contribution is 2.30. The Kier molecular flexibility index (Phi) is 4.74. The number of ether oxygens (including phenoxy) is 1.